The fourth-order valence-electron chi connectivity index (χ4n) is 4.84. The van der Waals surface area contributed by atoms with Crippen LogP contribution in [0.4, 0.5) is 13.2 Å². The molecule has 2 aliphatic heterocycles. The molecule has 3 fully saturated rings. The van der Waals surface area contributed by atoms with Crippen molar-refractivity contribution in [3.63, 3.8) is 0 Å². The van der Waals surface area contributed by atoms with E-state index in [2.05, 4.69) is 11.8 Å². The lowest BCUT2D eigenvalue weighted by molar-refractivity contribution is -0.141. The summed E-state index contributed by atoms with van der Waals surface area (Å²) in [6.07, 6.45) is 1.23. The highest BCUT2D eigenvalue weighted by Gasteiger charge is 2.41. The highest BCUT2D eigenvalue weighted by molar-refractivity contribution is 8.04. The number of nitrogens with zero attached hydrogens (tertiary/aromatic N) is 3. The lowest BCUT2D eigenvalue weighted by Gasteiger charge is -2.44. The van der Waals surface area contributed by atoms with Gasteiger partial charge in [0, 0.05) is 37.5 Å². The van der Waals surface area contributed by atoms with Crippen molar-refractivity contribution in [1.82, 2.24) is 14.7 Å². The van der Waals surface area contributed by atoms with Gasteiger partial charge in [-0.2, -0.15) is 13.2 Å². The normalized spacial score (nSPS) is 25.9. The van der Waals surface area contributed by atoms with Gasteiger partial charge in [0.15, 0.2) is 0 Å². The number of fused-ring (bicyclic) bond motifs is 1. The van der Waals surface area contributed by atoms with Gasteiger partial charge in [-0.05, 0) is 43.2 Å². The van der Waals surface area contributed by atoms with Crippen LogP contribution in [-0.2, 0) is 15.8 Å². The Morgan fingerprint density at radius 3 is 2.39 bits per heavy atom. The molecule has 1 saturated carbocycles. The largest absolute Gasteiger partial charge is 0.416 e. The van der Waals surface area contributed by atoms with E-state index in [1.165, 1.54) is 23.9 Å². The summed E-state index contributed by atoms with van der Waals surface area (Å²) >= 11 is 1.51. The molecule has 0 spiro atoms. The van der Waals surface area contributed by atoms with Gasteiger partial charge < -0.3 is 14.7 Å². The van der Waals surface area contributed by atoms with Crippen LogP contribution < -0.4 is 0 Å². The molecule has 9 heteroatoms. The molecule has 1 aliphatic carbocycles. The van der Waals surface area contributed by atoms with Crippen molar-refractivity contribution in [2.45, 2.75) is 50.1 Å². The van der Waals surface area contributed by atoms with E-state index in [-0.39, 0.29) is 29.7 Å². The summed E-state index contributed by atoms with van der Waals surface area (Å²) in [6.45, 7) is 6.17. The lowest BCUT2D eigenvalue weighted by atomic mass is 9.93. The Hall–Kier alpha value is -2.00. The Balaban J connectivity index is 1.51. The molecule has 2 saturated heterocycles. The van der Waals surface area contributed by atoms with Crippen LogP contribution in [0.2, 0.25) is 0 Å². The minimum Gasteiger partial charge on any atom is -0.339 e. The summed E-state index contributed by atoms with van der Waals surface area (Å²) in [5.41, 5.74) is -0.162. The first-order valence-corrected chi connectivity index (χ1v) is 12.5. The van der Waals surface area contributed by atoms with Crippen molar-refractivity contribution in [3.8, 4) is 0 Å². The number of amides is 2. The average Bonchev–Trinajstić information content (AvgIpc) is 2.81. The van der Waals surface area contributed by atoms with E-state index in [0.717, 1.165) is 57.5 Å². The maximum atomic E-state index is 13.4. The summed E-state index contributed by atoms with van der Waals surface area (Å²) in [6, 6.07) is 4.87. The molecule has 2 heterocycles. The Morgan fingerprint density at radius 1 is 1.09 bits per heavy atom. The second-order valence-corrected chi connectivity index (χ2v) is 10.2. The number of benzene rings is 1. The predicted molar refractivity (Wildman–Crippen MR) is 123 cm³/mol. The lowest BCUT2D eigenvalue weighted by Crippen LogP contribution is -2.56. The van der Waals surface area contributed by atoms with E-state index in [9.17, 15) is 22.8 Å². The topological polar surface area (TPSA) is 43.9 Å². The van der Waals surface area contributed by atoms with Gasteiger partial charge in [-0.1, -0.05) is 31.9 Å². The minimum atomic E-state index is -4.39. The molecule has 0 radical (unpaired) electrons. The molecule has 33 heavy (non-hydrogen) atoms. The number of carbonyl (C=O) groups is 2. The average molecular weight is 482 g/mol. The van der Waals surface area contributed by atoms with Crippen molar-refractivity contribution in [3.05, 3.63) is 40.3 Å². The van der Waals surface area contributed by atoms with E-state index in [1.807, 2.05) is 4.90 Å². The van der Waals surface area contributed by atoms with Crippen LogP contribution in [0.15, 0.2) is 29.2 Å². The van der Waals surface area contributed by atoms with E-state index in [1.54, 1.807) is 11.0 Å². The fraction of sp³-hybridized carbons (Fsp3) is 0.583. The number of piperazine rings is 1. The van der Waals surface area contributed by atoms with Crippen molar-refractivity contribution in [2.75, 3.05) is 39.3 Å². The maximum absolute atomic E-state index is 13.4. The summed E-state index contributed by atoms with van der Waals surface area (Å²) in [5.74, 6) is -0.215. The van der Waals surface area contributed by atoms with Crippen LogP contribution in [0.25, 0.3) is 6.08 Å². The van der Waals surface area contributed by atoms with Crippen LogP contribution in [0, 0.1) is 0 Å². The highest BCUT2D eigenvalue weighted by Crippen LogP contribution is 2.42. The van der Waals surface area contributed by atoms with Crippen LogP contribution >= 0.6 is 11.8 Å². The summed E-state index contributed by atoms with van der Waals surface area (Å²) in [5, 5.41) is 0.210. The van der Waals surface area contributed by atoms with Crippen LogP contribution in [0.3, 0.4) is 0 Å². The molecule has 0 aromatic heterocycles. The molecule has 1 aromatic carbocycles. The van der Waals surface area contributed by atoms with Crippen molar-refractivity contribution in [2.24, 2.45) is 0 Å². The molecule has 2 atom stereocenters. The zero-order valence-electron chi connectivity index (χ0n) is 18.8. The molecule has 2 amide bonds. The number of rotatable bonds is 4. The van der Waals surface area contributed by atoms with E-state index < -0.39 is 11.7 Å². The standard InChI is InChI=1S/C24H30F3N3O2S/c1-2-28-11-13-29(14-12-28)22(31)16-30-19-5-3-4-6-20(19)33-21(23(30)32)15-17-7-9-18(10-8-17)24(25,26)27/h7-10,15,19-20H,2-6,11-14,16H2,1H3/b21-15+. The molecule has 3 aliphatic rings. The zero-order valence-corrected chi connectivity index (χ0v) is 19.6. The Labute approximate surface area is 197 Å². The number of alkyl halides is 3. The van der Waals surface area contributed by atoms with Gasteiger partial charge in [-0.3, -0.25) is 9.59 Å². The van der Waals surface area contributed by atoms with E-state index in [0.29, 0.717) is 23.6 Å². The number of likely N-dealkylation sites (N-methyl/N-ethyl adjacent to an activating group) is 1. The van der Waals surface area contributed by atoms with Gasteiger partial charge >= 0.3 is 6.18 Å². The molecule has 4 rings (SSSR count). The second kappa shape index (κ2) is 10.1. The predicted octanol–water partition coefficient (Wildman–Crippen LogP) is 4.10. The fourth-order valence-corrected chi connectivity index (χ4v) is 6.31. The molecular formula is C24H30F3N3O2S. The van der Waals surface area contributed by atoms with Gasteiger partial charge in [0.05, 0.1) is 10.5 Å². The molecule has 1 aromatic rings. The molecular weight excluding hydrogens is 451 g/mol. The highest BCUT2D eigenvalue weighted by atomic mass is 32.2. The van der Waals surface area contributed by atoms with Crippen LogP contribution in [-0.4, -0.2) is 77.1 Å². The van der Waals surface area contributed by atoms with Crippen molar-refractivity contribution >= 4 is 29.7 Å². The van der Waals surface area contributed by atoms with Gasteiger partial charge in [-0.25, -0.2) is 0 Å². The summed E-state index contributed by atoms with van der Waals surface area (Å²) in [4.78, 5) is 32.8. The quantitative estimate of drug-likeness (QED) is 0.608. The zero-order chi connectivity index (χ0) is 23.6. The van der Waals surface area contributed by atoms with Crippen LogP contribution in [0.1, 0.15) is 43.7 Å². The SMILES string of the molecule is CCN1CCN(C(=O)CN2C(=O)/C(=C\c3ccc(C(F)(F)F)cc3)SC3CCCCC32)CC1. The third-order valence-corrected chi connectivity index (χ3v) is 8.23. The van der Waals surface area contributed by atoms with Crippen molar-refractivity contribution in [1.29, 1.82) is 0 Å². The summed E-state index contributed by atoms with van der Waals surface area (Å²) < 4.78 is 38.6. The van der Waals surface area contributed by atoms with E-state index in [4.69, 9.17) is 0 Å². The second-order valence-electron chi connectivity index (χ2n) is 8.88. The number of carbonyl (C=O) groups excluding carboxylic acids is 2. The molecule has 5 nitrogen and oxygen atoms in total. The first kappa shape index (κ1) is 24.1. The number of hydrogen-bond donors (Lipinski definition) is 0. The first-order valence-electron chi connectivity index (χ1n) is 11.6. The number of halogens is 3. The monoisotopic (exact) mass is 481 g/mol. The molecule has 2 unspecified atom stereocenters. The first-order chi connectivity index (χ1) is 15.8. The summed E-state index contributed by atoms with van der Waals surface area (Å²) in [7, 11) is 0. The van der Waals surface area contributed by atoms with Gasteiger partial charge in [-0.15, -0.1) is 11.8 Å². The maximum Gasteiger partial charge on any atom is 0.416 e. The van der Waals surface area contributed by atoms with Crippen LogP contribution in [0.5, 0.6) is 0 Å². The van der Waals surface area contributed by atoms with E-state index >= 15 is 0 Å². The Kier molecular flexibility index (Phi) is 7.38. The Morgan fingerprint density at radius 2 is 1.76 bits per heavy atom. The van der Waals surface area contributed by atoms with Gasteiger partial charge in [0.1, 0.15) is 6.54 Å². The van der Waals surface area contributed by atoms with Gasteiger partial charge in [0.25, 0.3) is 5.91 Å². The Bertz CT molecular complexity index is 895. The third kappa shape index (κ3) is 5.57. The molecule has 0 N–H and O–H groups in total. The van der Waals surface area contributed by atoms with Gasteiger partial charge in [0.2, 0.25) is 5.91 Å². The number of thioether (sulfide) groups is 1. The minimum absolute atomic E-state index is 0.0239. The third-order valence-electron chi connectivity index (χ3n) is 6.83. The number of hydrogen-bond acceptors (Lipinski definition) is 4. The molecule has 180 valence electrons. The van der Waals surface area contributed by atoms with Crippen molar-refractivity contribution < 1.29 is 22.8 Å². The molecule has 0 bridgehead atoms. The smallest absolute Gasteiger partial charge is 0.339 e.